The van der Waals surface area contributed by atoms with Crippen LogP contribution in [-0.2, 0) is 37.1 Å². The van der Waals surface area contributed by atoms with Gasteiger partial charge in [-0.1, -0.05) is 31.2 Å². The van der Waals surface area contributed by atoms with E-state index in [0.717, 1.165) is 55.4 Å². The highest BCUT2D eigenvalue weighted by Gasteiger charge is 2.23. The number of carbonyl (C=O) groups excluding carboxylic acids is 1. The predicted octanol–water partition coefficient (Wildman–Crippen LogP) is 3.68. The number of aryl methyl sites for hydroxylation is 3. The van der Waals surface area contributed by atoms with Crippen molar-refractivity contribution in [3.8, 4) is 0 Å². The van der Waals surface area contributed by atoms with E-state index in [1.165, 1.54) is 28.0 Å². The highest BCUT2D eigenvalue weighted by atomic mass is 32.1. The molecule has 2 aromatic heterocycles. The molecule has 1 atom stereocenters. The Bertz CT molecular complexity index is 1210. The van der Waals surface area contributed by atoms with Crippen LogP contribution < -0.4 is 10.9 Å². The first-order valence-electron chi connectivity index (χ1n) is 12.2. The molecule has 1 amide bonds. The summed E-state index contributed by atoms with van der Waals surface area (Å²) in [5.74, 6) is -0.00907. The van der Waals surface area contributed by atoms with E-state index in [2.05, 4.69) is 46.4 Å². The third-order valence-corrected chi connectivity index (χ3v) is 8.40. The average Bonchev–Trinajstić information content (AvgIpc) is 3.23. The largest absolute Gasteiger partial charge is 0.354 e. The second-order valence-electron chi connectivity index (χ2n) is 9.24. The fourth-order valence-corrected chi connectivity index (χ4v) is 6.46. The van der Waals surface area contributed by atoms with Crippen LogP contribution >= 0.6 is 11.3 Å². The molecule has 1 unspecified atom stereocenters. The van der Waals surface area contributed by atoms with Crippen LogP contribution in [0.3, 0.4) is 0 Å². The summed E-state index contributed by atoms with van der Waals surface area (Å²) in [6, 6.07) is 8.96. The second-order valence-corrected chi connectivity index (χ2v) is 10.3. The molecule has 33 heavy (non-hydrogen) atoms. The molecule has 2 aliphatic rings. The lowest BCUT2D eigenvalue weighted by atomic mass is 9.97. The van der Waals surface area contributed by atoms with E-state index in [4.69, 9.17) is 0 Å². The van der Waals surface area contributed by atoms with Crippen LogP contribution in [0, 0.1) is 0 Å². The predicted molar refractivity (Wildman–Crippen MR) is 133 cm³/mol. The molecule has 7 heteroatoms. The molecule has 0 spiro atoms. The minimum Gasteiger partial charge on any atom is -0.354 e. The van der Waals surface area contributed by atoms with Crippen LogP contribution in [0.4, 0.5) is 0 Å². The molecule has 6 nitrogen and oxygen atoms in total. The summed E-state index contributed by atoms with van der Waals surface area (Å²) in [6.45, 7) is 5.15. The van der Waals surface area contributed by atoms with Crippen LogP contribution in [0.2, 0.25) is 0 Å². The number of fused-ring (bicyclic) bond motifs is 4. The molecule has 1 aromatic carbocycles. The van der Waals surface area contributed by atoms with E-state index < -0.39 is 0 Å². The van der Waals surface area contributed by atoms with Gasteiger partial charge in [0.25, 0.3) is 5.56 Å². The molecule has 0 fully saturated rings. The van der Waals surface area contributed by atoms with Crippen LogP contribution in [0.25, 0.3) is 10.2 Å². The topological polar surface area (TPSA) is 67.2 Å². The number of hydrogen-bond acceptors (Lipinski definition) is 5. The molecule has 174 valence electrons. The maximum Gasteiger partial charge on any atom is 0.262 e. The Morgan fingerprint density at radius 3 is 2.85 bits per heavy atom. The average molecular weight is 465 g/mol. The van der Waals surface area contributed by atoms with Crippen molar-refractivity contribution < 1.29 is 4.79 Å². The first-order valence-corrected chi connectivity index (χ1v) is 13.0. The molecule has 1 aliphatic heterocycles. The van der Waals surface area contributed by atoms with Crippen molar-refractivity contribution in [2.75, 3.05) is 13.1 Å². The van der Waals surface area contributed by atoms with Gasteiger partial charge < -0.3 is 5.32 Å². The van der Waals surface area contributed by atoms with E-state index in [0.29, 0.717) is 25.6 Å². The summed E-state index contributed by atoms with van der Waals surface area (Å²) in [4.78, 5) is 34.9. The van der Waals surface area contributed by atoms with Crippen molar-refractivity contribution in [3.05, 3.63) is 62.5 Å². The van der Waals surface area contributed by atoms with Crippen LogP contribution in [0.5, 0.6) is 0 Å². The van der Waals surface area contributed by atoms with Crippen LogP contribution in [0.15, 0.2) is 35.4 Å². The summed E-state index contributed by atoms with van der Waals surface area (Å²) in [5, 5.41) is 3.90. The number of nitrogens with zero attached hydrogens (tertiary/aromatic N) is 3. The minimum absolute atomic E-state index is 0.00520. The number of hydrogen-bond donors (Lipinski definition) is 1. The zero-order valence-corrected chi connectivity index (χ0v) is 20.1. The number of carbonyl (C=O) groups is 1. The van der Waals surface area contributed by atoms with Gasteiger partial charge >= 0.3 is 0 Å². The van der Waals surface area contributed by atoms with E-state index in [1.54, 1.807) is 22.2 Å². The SMILES string of the molecule is CCC(CNC(=O)CCn1cnc2sc3c(c2c1=O)CCCC3)N1CCc2ccccc2C1. The summed E-state index contributed by atoms with van der Waals surface area (Å²) in [5.41, 5.74) is 4.04. The molecule has 0 saturated carbocycles. The number of amides is 1. The third-order valence-electron chi connectivity index (χ3n) is 7.20. The Kier molecular flexibility index (Phi) is 6.60. The molecule has 0 bridgehead atoms. The van der Waals surface area contributed by atoms with Crippen LogP contribution in [0.1, 0.15) is 54.2 Å². The lowest BCUT2D eigenvalue weighted by molar-refractivity contribution is -0.121. The van der Waals surface area contributed by atoms with E-state index in [9.17, 15) is 9.59 Å². The van der Waals surface area contributed by atoms with E-state index in [1.807, 2.05) is 0 Å². The monoisotopic (exact) mass is 464 g/mol. The maximum absolute atomic E-state index is 13.1. The van der Waals surface area contributed by atoms with Crippen molar-refractivity contribution in [3.63, 3.8) is 0 Å². The molecular weight excluding hydrogens is 432 g/mol. The standard InChI is InChI=1S/C26H32N4O2S/c1-2-20(29-13-11-18-7-3-4-8-19(18)16-29)15-27-23(31)12-14-30-17-28-25-24(26(30)32)21-9-5-6-10-22(21)33-25/h3-4,7-8,17,20H,2,5-6,9-16H2,1H3,(H,27,31). The molecule has 3 heterocycles. The smallest absolute Gasteiger partial charge is 0.262 e. The maximum atomic E-state index is 13.1. The lowest BCUT2D eigenvalue weighted by Gasteiger charge is -2.35. The Morgan fingerprint density at radius 1 is 1.18 bits per heavy atom. The number of thiophene rings is 1. The molecular formula is C26H32N4O2S. The Balaban J connectivity index is 1.18. The fourth-order valence-electron chi connectivity index (χ4n) is 5.24. The summed E-state index contributed by atoms with van der Waals surface area (Å²) in [7, 11) is 0. The summed E-state index contributed by atoms with van der Waals surface area (Å²) < 4.78 is 1.61. The number of nitrogens with one attached hydrogen (secondary N) is 1. The normalized spacial score (nSPS) is 16.9. The van der Waals surface area contributed by atoms with Gasteiger partial charge in [0, 0.05) is 43.5 Å². The molecule has 1 aliphatic carbocycles. The van der Waals surface area contributed by atoms with Crippen molar-refractivity contribution >= 4 is 27.5 Å². The van der Waals surface area contributed by atoms with Gasteiger partial charge in [-0.3, -0.25) is 19.1 Å². The first kappa shape index (κ1) is 22.3. The van der Waals surface area contributed by atoms with Gasteiger partial charge in [0.15, 0.2) is 0 Å². The lowest BCUT2D eigenvalue weighted by Crippen LogP contribution is -2.45. The Labute approximate surface area is 198 Å². The molecule has 0 saturated heterocycles. The van der Waals surface area contributed by atoms with Crippen molar-refractivity contribution in [1.29, 1.82) is 0 Å². The van der Waals surface area contributed by atoms with Gasteiger partial charge in [-0.2, -0.15) is 0 Å². The molecule has 5 rings (SSSR count). The van der Waals surface area contributed by atoms with Gasteiger partial charge in [0.2, 0.25) is 5.91 Å². The minimum atomic E-state index is -0.00907. The number of aromatic nitrogens is 2. The summed E-state index contributed by atoms with van der Waals surface area (Å²) >= 11 is 1.66. The quantitative estimate of drug-likeness (QED) is 0.579. The Morgan fingerprint density at radius 2 is 2.00 bits per heavy atom. The van der Waals surface area contributed by atoms with Gasteiger partial charge in [-0.15, -0.1) is 11.3 Å². The van der Waals surface area contributed by atoms with E-state index in [-0.39, 0.29) is 11.5 Å². The fraction of sp³-hybridized carbons (Fsp3) is 0.500. The highest BCUT2D eigenvalue weighted by molar-refractivity contribution is 7.18. The van der Waals surface area contributed by atoms with E-state index >= 15 is 0 Å². The number of benzene rings is 1. The van der Waals surface area contributed by atoms with Crippen LogP contribution in [-0.4, -0.2) is 39.5 Å². The first-order chi connectivity index (χ1) is 16.1. The van der Waals surface area contributed by atoms with Gasteiger partial charge in [0.1, 0.15) is 4.83 Å². The zero-order chi connectivity index (χ0) is 22.8. The highest BCUT2D eigenvalue weighted by Crippen LogP contribution is 2.33. The summed E-state index contributed by atoms with van der Waals surface area (Å²) in [6.07, 6.45) is 8.30. The van der Waals surface area contributed by atoms with Crippen molar-refractivity contribution in [2.24, 2.45) is 0 Å². The molecule has 1 N–H and O–H groups in total. The Hall–Kier alpha value is -2.51. The van der Waals surface area contributed by atoms with Crippen molar-refractivity contribution in [2.45, 2.75) is 71.0 Å². The van der Waals surface area contributed by atoms with Gasteiger partial charge in [-0.05, 0) is 55.2 Å². The second kappa shape index (κ2) is 9.77. The van der Waals surface area contributed by atoms with Gasteiger partial charge in [0.05, 0.1) is 11.7 Å². The van der Waals surface area contributed by atoms with Gasteiger partial charge in [-0.25, -0.2) is 4.98 Å². The number of rotatable bonds is 7. The zero-order valence-electron chi connectivity index (χ0n) is 19.3. The molecule has 0 radical (unpaired) electrons. The third kappa shape index (κ3) is 4.62. The van der Waals surface area contributed by atoms with Crippen molar-refractivity contribution in [1.82, 2.24) is 19.8 Å². The molecule has 3 aromatic rings.